The zero-order chi connectivity index (χ0) is 9.78. The van der Waals surface area contributed by atoms with E-state index in [2.05, 4.69) is 6.92 Å². The van der Waals surface area contributed by atoms with Crippen LogP contribution in [0.25, 0.3) is 0 Å². The molecule has 0 saturated heterocycles. The minimum Gasteiger partial charge on any atom is -0.396 e. The van der Waals surface area contributed by atoms with E-state index in [1.54, 1.807) is 0 Å². The van der Waals surface area contributed by atoms with Gasteiger partial charge in [0.15, 0.2) is 0 Å². The molecule has 2 heteroatoms. The Morgan fingerprint density at radius 2 is 1.00 bits per heavy atom. The quantitative estimate of drug-likeness (QED) is 0.431. The molecule has 0 atom stereocenters. The molecule has 0 aliphatic rings. The van der Waals surface area contributed by atoms with Crippen molar-refractivity contribution in [1.82, 2.24) is 0 Å². The van der Waals surface area contributed by atoms with Crippen LogP contribution >= 0.6 is 0 Å². The Balaban J connectivity index is 0. The SMILES string of the molecule is CCCCCCCCCCCCO.[Na]. The molecule has 0 aromatic rings. The number of unbranched alkanes of at least 4 members (excludes halogenated alkanes) is 9. The molecule has 1 N–H and O–H groups in total. The number of rotatable bonds is 10. The molecule has 1 nitrogen and oxygen atoms in total. The van der Waals surface area contributed by atoms with Crippen LogP contribution in [0.2, 0.25) is 0 Å². The molecule has 0 bridgehead atoms. The fourth-order valence-electron chi connectivity index (χ4n) is 1.60. The standard InChI is InChI=1S/C12H26O.Na/c1-2-3-4-5-6-7-8-9-10-11-12-13;/h13H,2-12H2,1H3;. The van der Waals surface area contributed by atoms with Gasteiger partial charge in [0.2, 0.25) is 0 Å². The summed E-state index contributed by atoms with van der Waals surface area (Å²) in [4.78, 5) is 0. The van der Waals surface area contributed by atoms with Crippen molar-refractivity contribution in [2.24, 2.45) is 0 Å². The second-order valence-electron chi connectivity index (χ2n) is 3.91. The van der Waals surface area contributed by atoms with Crippen molar-refractivity contribution in [3.05, 3.63) is 0 Å². The van der Waals surface area contributed by atoms with Crippen LogP contribution in [0, 0.1) is 0 Å². The maximum absolute atomic E-state index is 8.57. The van der Waals surface area contributed by atoms with E-state index in [0.717, 1.165) is 6.42 Å². The van der Waals surface area contributed by atoms with Crippen LogP contribution in [0.1, 0.15) is 71.1 Å². The van der Waals surface area contributed by atoms with Gasteiger partial charge >= 0.3 is 0 Å². The van der Waals surface area contributed by atoms with Crippen LogP contribution in [0.5, 0.6) is 0 Å². The van der Waals surface area contributed by atoms with Crippen LogP contribution in [-0.2, 0) is 0 Å². The number of aliphatic hydroxyl groups is 1. The minimum absolute atomic E-state index is 0. The Morgan fingerprint density at radius 3 is 1.36 bits per heavy atom. The summed E-state index contributed by atoms with van der Waals surface area (Å²) >= 11 is 0. The Morgan fingerprint density at radius 1 is 0.643 bits per heavy atom. The normalized spacial score (nSPS) is 9.86. The summed E-state index contributed by atoms with van der Waals surface area (Å²) in [5.41, 5.74) is 0. The predicted octanol–water partition coefficient (Wildman–Crippen LogP) is 3.52. The number of hydrogen-bond donors (Lipinski definition) is 1. The van der Waals surface area contributed by atoms with Gasteiger partial charge in [-0.1, -0.05) is 64.7 Å². The first-order valence-corrected chi connectivity index (χ1v) is 6.02. The molecule has 0 aromatic carbocycles. The van der Waals surface area contributed by atoms with E-state index in [4.69, 9.17) is 5.11 Å². The average molecular weight is 209 g/mol. The molecule has 0 aliphatic heterocycles. The Kier molecular flexibility index (Phi) is 20.3. The molecular formula is C12H26NaO. The fraction of sp³-hybridized carbons (Fsp3) is 1.00. The number of hydrogen-bond acceptors (Lipinski definition) is 1. The molecule has 0 aromatic heterocycles. The van der Waals surface area contributed by atoms with Crippen LogP contribution < -0.4 is 0 Å². The molecule has 0 amide bonds. The largest absolute Gasteiger partial charge is 0.396 e. The molecule has 0 aliphatic carbocycles. The van der Waals surface area contributed by atoms with Gasteiger partial charge < -0.3 is 5.11 Å². The smallest absolute Gasteiger partial charge is 0.0431 e. The third kappa shape index (κ3) is 15.4. The fourth-order valence-corrected chi connectivity index (χ4v) is 1.60. The summed E-state index contributed by atoms with van der Waals surface area (Å²) in [7, 11) is 0. The summed E-state index contributed by atoms with van der Waals surface area (Å²) in [6.45, 7) is 2.63. The summed E-state index contributed by atoms with van der Waals surface area (Å²) in [6, 6.07) is 0. The van der Waals surface area contributed by atoms with E-state index in [9.17, 15) is 0 Å². The van der Waals surface area contributed by atoms with E-state index in [1.165, 1.54) is 57.8 Å². The van der Waals surface area contributed by atoms with Crippen LogP contribution in [0.4, 0.5) is 0 Å². The zero-order valence-electron chi connectivity index (χ0n) is 10.2. The van der Waals surface area contributed by atoms with Crippen molar-refractivity contribution in [1.29, 1.82) is 0 Å². The van der Waals surface area contributed by atoms with Gasteiger partial charge in [-0.05, 0) is 6.42 Å². The van der Waals surface area contributed by atoms with E-state index in [-0.39, 0.29) is 29.6 Å². The molecule has 0 spiro atoms. The summed E-state index contributed by atoms with van der Waals surface area (Å²) < 4.78 is 0. The third-order valence-corrected chi connectivity index (χ3v) is 2.51. The maximum Gasteiger partial charge on any atom is 0.0431 e. The second-order valence-corrected chi connectivity index (χ2v) is 3.91. The van der Waals surface area contributed by atoms with Gasteiger partial charge in [0.1, 0.15) is 0 Å². The molecule has 0 unspecified atom stereocenters. The van der Waals surface area contributed by atoms with E-state index >= 15 is 0 Å². The predicted molar refractivity (Wildman–Crippen MR) is 64.7 cm³/mol. The van der Waals surface area contributed by atoms with Crippen molar-refractivity contribution in [2.45, 2.75) is 71.1 Å². The molecular weight excluding hydrogens is 183 g/mol. The van der Waals surface area contributed by atoms with Crippen LogP contribution in [0.15, 0.2) is 0 Å². The topological polar surface area (TPSA) is 20.2 Å². The van der Waals surface area contributed by atoms with Crippen LogP contribution in [-0.4, -0.2) is 41.3 Å². The minimum atomic E-state index is 0. The summed E-state index contributed by atoms with van der Waals surface area (Å²) in [6.07, 6.45) is 13.3. The van der Waals surface area contributed by atoms with E-state index in [1.807, 2.05) is 0 Å². The van der Waals surface area contributed by atoms with E-state index in [0.29, 0.717) is 6.61 Å². The van der Waals surface area contributed by atoms with Crippen LogP contribution in [0.3, 0.4) is 0 Å². The van der Waals surface area contributed by atoms with Gasteiger partial charge in [-0.2, -0.15) is 0 Å². The number of aliphatic hydroxyl groups excluding tert-OH is 1. The Labute approximate surface area is 112 Å². The molecule has 14 heavy (non-hydrogen) atoms. The van der Waals surface area contributed by atoms with Gasteiger partial charge in [-0.25, -0.2) is 0 Å². The summed E-state index contributed by atoms with van der Waals surface area (Å²) in [5.74, 6) is 0. The molecule has 0 rings (SSSR count). The average Bonchev–Trinajstić information content (AvgIpc) is 2.16. The van der Waals surface area contributed by atoms with Crippen molar-refractivity contribution < 1.29 is 5.11 Å². The zero-order valence-corrected chi connectivity index (χ0v) is 12.2. The van der Waals surface area contributed by atoms with Crippen molar-refractivity contribution in [3.8, 4) is 0 Å². The van der Waals surface area contributed by atoms with Gasteiger partial charge in [-0.15, -0.1) is 0 Å². The molecule has 0 saturated carbocycles. The molecule has 81 valence electrons. The Bertz CT molecular complexity index is 76.4. The molecule has 1 radical (unpaired) electrons. The van der Waals surface area contributed by atoms with Crippen molar-refractivity contribution in [2.75, 3.05) is 6.61 Å². The van der Waals surface area contributed by atoms with Gasteiger partial charge in [0, 0.05) is 36.2 Å². The van der Waals surface area contributed by atoms with Gasteiger partial charge in [0.05, 0.1) is 0 Å². The van der Waals surface area contributed by atoms with E-state index < -0.39 is 0 Å². The Hall–Kier alpha value is 0.960. The first-order valence-electron chi connectivity index (χ1n) is 6.02. The van der Waals surface area contributed by atoms with Crippen molar-refractivity contribution >= 4 is 29.6 Å². The van der Waals surface area contributed by atoms with Gasteiger partial charge in [-0.3, -0.25) is 0 Å². The van der Waals surface area contributed by atoms with Gasteiger partial charge in [0.25, 0.3) is 0 Å². The third-order valence-electron chi connectivity index (χ3n) is 2.51. The summed E-state index contributed by atoms with van der Waals surface area (Å²) in [5, 5.41) is 8.57. The monoisotopic (exact) mass is 209 g/mol. The molecule has 0 heterocycles. The molecule has 0 fully saturated rings. The van der Waals surface area contributed by atoms with Crippen molar-refractivity contribution in [3.63, 3.8) is 0 Å². The second kappa shape index (κ2) is 16.4. The maximum atomic E-state index is 8.57. The first kappa shape index (κ1) is 17.4. The first-order chi connectivity index (χ1) is 6.41.